The van der Waals surface area contributed by atoms with Crippen molar-refractivity contribution >= 4 is 15.7 Å². The van der Waals surface area contributed by atoms with Gasteiger partial charge in [-0.3, -0.25) is 4.79 Å². The zero-order valence-electron chi connectivity index (χ0n) is 12.7. The van der Waals surface area contributed by atoms with Gasteiger partial charge in [-0.1, -0.05) is 6.92 Å². The van der Waals surface area contributed by atoms with E-state index in [-0.39, 0.29) is 23.1 Å². The van der Waals surface area contributed by atoms with Crippen molar-refractivity contribution in [2.75, 3.05) is 6.54 Å². The molecule has 1 amide bonds. The summed E-state index contributed by atoms with van der Waals surface area (Å²) in [6.07, 6.45) is 2.36. The highest BCUT2D eigenvalue weighted by Crippen LogP contribution is 2.29. The van der Waals surface area contributed by atoms with Gasteiger partial charge < -0.3 is 9.73 Å². The zero-order valence-corrected chi connectivity index (χ0v) is 13.5. The Morgan fingerprint density at radius 3 is 2.52 bits per heavy atom. The SMILES string of the molecule is CCCC(=O)NCC(c1ccco1)S(=O)(=O)c1ccc(F)cc1. The Balaban J connectivity index is 2.29. The minimum Gasteiger partial charge on any atom is -0.468 e. The molecule has 23 heavy (non-hydrogen) atoms. The van der Waals surface area contributed by atoms with Gasteiger partial charge in [-0.25, -0.2) is 12.8 Å². The van der Waals surface area contributed by atoms with E-state index in [0.29, 0.717) is 12.8 Å². The van der Waals surface area contributed by atoms with Crippen LogP contribution < -0.4 is 5.32 Å². The monoisotopic (exact) mass is 339 g/mol. The second-order valence-corrected chi connectivity index (χ2v) is 7.19. The maximum atomic E-state index is 13.0. The Morgan fingerprint density at radius 2 is 1.96 bits per heavy atom. The first-order valence-electron chi connectivity index (χ1n) is 7.24. The van der Waals surface area contributed by atoms with Crippen LogP contribution in [-0.2, 0) is 14.6 Å². The summed E-state index contributed by atoms with van der Waals surface area (Å²) in [6.45, 7) is 1.75. The molecule has 0 bridgehead atoms. The molecule has 0 saturated carbocycles. The molecule has 1 N–H and O–H groups in total. The van der Waals surface area contributed by atoms with Crippen molar-refractivity contribution in [3.05, 3.63) is 54.2 Å². The lowest BCUT2D eigenvalue weighted by molar-refractivity contribution is -0.121. The molecule has 0 aliphatic carbocycles. The Morgan fingerprint density at radius 1 is 1.26 bits per heavy atom. The third kappa shape index (κ3) is 4.19. The van der Waals surface area contributed by atoms with Gasteiger partial charge in [0.1, 0.15) is 16.8 Å². The van der Waals surface area contributed by atoms with Crippen LogP contribution in [0.1, 0.15) is 30.8 Å². The number of halogens is 1. The molecule has 0 saturated heterocycles. The Bertz CT molecular complexity index is 739. The third-order valence-electron chi connectivity index (χ3n) is 3.34. The van der Waals surface area contributed by atoms with Crippen LogP contribution in [0.4, 0.5) is 4.39 Å². The molecule has 0 aliphatic rings. The van der Waals surface area contributed by atoms with Crippen molar-refractivity contribution in [3.8, 4) is 0 Å². The molecule has 5 nitrogen and oxygen atoms in total. The third-order valence-corrected chi connectivity index (χ3v) is 5.42. The van der Waals surface area contributed by atoms with Gasteiger partial charge in [0.2, 0.25) is 5.91 Å². The number of rotatable bonds is 7. The molecule has 1 unspecified atom stereocenters. The minimum absolute atomic E-state index is 0.0231. The first-order chi connectivity index (χ1) is 10.9. The molecule has 0 spiro atoms. The molecule has 0 aliphatic heterocycles. The molecule has 1 heterocycles. The van der Waals surface area contributed by atoms with Gasteiger partial charge in [0.05, 0.1) is 11.2 Å². The highest BCUT2D eigenvalue weighted by molar-refractivity contribution is 7.91. The first-order valence-corrected chi connectivity index (χ1v) is 8.79. The molecule has 2 aromatic rings. The zero-order chi connectivity index (χ0) is 16.9. The largest absolute Gasteiger partial charge is 0.468 e. The first kappa shape index (κ1) is 17.2. The number of carbonyl (C=O) groups excluding carboxylic acids is 1. The van der Waals surface area contributed by atoms with E-state index >= 15 is 0 Å². The maximum Gasteiger partial charge on any atom is 0.220 e. The number of sulfone groups is 1. The van der Waals surface area contributed by atoms with Gasteiger partial charge in [-0.05, 0) is 42.8 Å². The van der Waals surface area contributed by atoms with Crippen LogP contribution in [0.5, 0.6) is 0 Å². The summed E-state index contributed by atoms with van der Waals surface area (Å²) >= 11 is 0. The highest BCUT2D eigenvalue weighted by Gasteiger charge is 2.31. The minimum atomic E-state index is -3.83. The predicted octanol–water partition coefficient (Wildman–Crippen LogP) is 2.85. The summed E-state index contributed by atoms with van der Waals surface area (Å²) in [6, 6.07) is 7.69. The summed E-state index contributed by atoms with van der Waals surface area (Å²) < 4.78 is 43.8. The van der Waals surface area contributed by atoms with E-state index in [4.69, 9.17) is 4.42 Å². The second-order valence-electron chi connectivity index (χ2n) is 5.06. The van der Waals surface area contributed by atoms with Crippen LogP contribution in [0, 0.1) is 5.82 Å². The van der Waals surface area contributed by atoms with Gasteiger partial charge in [0.15, 0.2) is 9.84 Å². The molecule has 124 valence electrons. The van der Waals surface area contributed by atoms with Crippen LogP contribution in [0.2, 0.25) is 0 Å². The van der Waals surface area contributed by atoms with Crippen molar-refractivity contribution in [1.82, 2.24) is 5.32 Å². The van der Waals surface area contributed by atoms with E-state index in [0.717, 1.165) is 12.1 Å². The van der Waals surface area contributed by atoms with E-state index < -0.39 is 20.9 Å². The van der Waals surface area contributed by atoms with E-state index in [1.807, 2.05) is 6.92 Å². The fourth-order valence-electron chi connectivity index (χ4n) is 2.15. The van der Waals surface area contributed by atoms with Crippen LogP contribution >= 0.6 is 0 Å². The van der Waals surface area contributed by atoms with Crippen molar-refractivity contribution in [1.29, 1.82) is 0 Å². The van der Waals surface area contributed by atoms with Crippen LogP contribution in [0.3, 0.4) is 0 Å². The number of hydrogen-bond acceptors (Lipinski definition) is 4. The Labute approximate surface area is 134 Å². The summed E-state index contributed by atoms with van der Waals surface area (Å²) in [4.78, 5) is 11.6. The van der Waals surface area contributed by atoms with Crippen molar-refractivity contribution in [2.45, 2.75) is 29.9 Å². The maximum absolute atomic E-state index is 13.0. The van der Waals surface area contributed by atoms with Gasteiger partial charge in [0, 0.05) is 13.0 Å². The Kier molecular flexibility index (Phi) is 5.54. The number of carbonyl (C=O) groups is 1. The molecule has 0 fully saturated rings. The number of amides is 1. The fraction of sp³-hybridized carbons (Fsp3) is 0.312. The summed E-state index contributed by atoms with van der Waals surface area (Å²) in [5, 5.41) is 1.54. The van der Waals surface area contributed by atoms with Crippen LogP contribution in [0.15, 0.2) is 52.0 Å². The average Bonchev–Trinajstić information content (AvgIpc) is 3.02. The normalized spacial score (nSPS) is 12.8. The molecule has 0 radical (unpaired) electrons. The summed E-state index contributed by atoms with van der Waals surface area (Å²) in [5.74, 6) is -0.515. The quantitative estimate of drug-likeness (QED) is 0.787. The van der Waals surface area contributed by atoms with E-state index in [1.54, 1.807) is 6.07 Å². The lowest BCUT2D eigenvalue weighted by atomic mass is 10.3. The molecule has 7 heteroatoms. The van der Waals surface area contributed by atoms with Gasteiger partial charge in [0.25, 0.3) is 0 Å². The van der Waals surface area contributed by atoms with Gasteiger partial charge >= 0.3 is 0 Å². The molecular weight excluding hydrogens is 321 g/mol. The molecule has 1 aromatic heterocycles. The van der Waals surface area contributed by atoms with Crippen molar-refractivity contribution in [3.63, 3.8) is 0 Å². The van der Waals surface area contributed by atoms with E-state index in [9.17, 15) is 17.6 Å². The number of hydrogen-bond donors (Lipinski definition) is 1. The smallest absolute Gasteiger partial charge is 0.220 e. The lowest BCUT2D eigenvalue weighted by Crippen LogP contribution is -2.31. The van der Waals surface area contributed by atoms with Crippen molar-refractivity contribution in [2.24, 2.45) is 0 Å². The topological polar surface area (TPSA) is 76.4 Å². The number of benzene rings is 1. The van der Waals surface area contributed by atoms with Gasteiger partial charge in [-0.15, -0.1) is 0 Å². The molecule has 1 atom stereocenters. The molecule has 1 aromatic carbocycles. The molecule has 2 rings (SSSR count). The Hall–Kier alpha value is -2.15. The lowest BCUT2D eigenvalue weighted by Gasteiger charge is -2.16. The van der Waals surface area contributed by atoms with E-state index in [2.05, 4.69) is 5.32 Å². The molecular formula is C16H18FNO4S. The summed E-state index contributed by atoms with van der Waals surface area (Å²) in [5.41, 5.74) is 0. The van der Waals surface area contributed by atoms with Crippen LogP contribution in [-0.4, -0.2) is 20.9 Å². The predicted molar refractivity (Wildman–Crippen MR) is 83.0 cm³/mol. The van der Waals surface area contributed by atoms with E-state index in [1.165, 1.54) is 24.5 Å². The fourth-order valence-corrected chi connectivity index (χ4v) is 3.73. The van der Waals surface area contributed by atoms with Gasteiger partial charge in [-0.2, -0.15) is 0 Å². The van der Waals surface area contributed by atoms with Crippen molar-refractivity contribution < 1.29 is 22.0 Å². The van der Waals surface area contributed by atoms with Crippen LogP contribution in [0.25, 0.3) is 0 Å². The number of nitrogens with one attached hydrogen (secondary N) is 1. The average molecular weight is 339 g/mol. The number of furan rings is 1. The highest BCUT2D eigenvalue weighted by atomic mass is 32.2. The summed E-state index contributed by atoms with van der Waals surface area (Å²) in [7, 11) is -3.83. The standard InChI is InChI=1S/C16H18FNO4S/c1-2-4-16(19)18-11-15(14-5-3-10-22-14)23(20,21)13-8-6-12(17)7-9-13/h3,5-10,15H,2,4,11H2,1H3,(H,18,19). The second kappa shape index (κ2) is 7.41.